The van der Waals surface area contributed by atoms with E-state index in [1.165, 1.54) is 28.6 Å². The summed E-state index contributed by atoms with van der Waals surface area (Å²) in [5.41, 5.74) is 2.74. The highest BCUT2D eigenvalue weighted by molar-refractivity contribution is 7.89. The summed E-state index contributed by atoms with van der Waals surface area (Å²) in [7, 11) is -6.22. The summed E-state index contributed by atoms with van der Waals surface area (Å²) in [4.78, 5) is 12.5. The largest absolute Gasteiger partial charge is 0.493 e. The van der Waals surface area contributed by atoms with Crippen LogP contribution in [0.15, 0.2) is 47.4 Å². The maximum Gasteiger partial charge on any atom is 0.243 e. The number of amides is 1. The molecule has 1 aliphatic rings. The molecule has 0 spiro atoms. The molecule has 1 amide bonds. The number of carbonyl (C=O) groups excluding carboxylic acids is 1. The van der Waals surface area contributed by atoms with Crippen molar-refractivity contribution in [2.45, 2.75) is 56.2 Å². The molecule has 2 aromatic carbocycles. The first-order valence-electron chi connectivity index (χ1n) is 11.4. The molecule has 1 saturated heterocycles. The molecule has 0 atom stereocenters. The molecule has 1 N–H and O–H groups in total. The molecule has 0 radical (unpaired) electrons. The van der Waals surface area contributed by atoms with E-state index in [1.54, 1.807) is 0 Å². The number of nitrogens with one attached hydrogen (secondary N) is 1. The third kappa shape index (κ3) is 7.28. The SMILES string of the molecule is Cc1ccc(C)c(OCCCC(=O)NC2CCN(S(=O)(=O)c3ccc(C[SH](=O)=O)cc3)CC2)c1. The van der Waals surface area contributed by atoms with Gasteiger partial charge in [-0.25, -0.2) is 16.8 Å². The molecule has 186 valence electrons. The Labute approximate surface area is 203 Å². The normalized spacial score (nSPS) is 15.4. The minimum Gasteiger partial charge on any atom is -0.493 e. The van der Waals surface area contributed by atoms with Crippen LogP contribution in [0.25, 0.3) is 0 Å². The number of aryl methyl sites for hydroxylation is 2. The van der Waals surface area contributed by atoms with Crippen molar-refractivity contribution in [1.29, 1.82) is 0 Å². The fourth-order valence-corrected chi connectivity index (χ4v) is 5.86. The molecular weight excluding hydrogens is 476 g/mol. The molecule has 1 heterocycles. The number of sulfonamides is 1. The van der Waals surface area contributed by atoms with E-state index in [0.717, 1.165) is 16.9 Å². The third-order valence-electron chi connectivity index (χ3n) is 5.84. The second-order valence-corrected chi connectivity index (χ2v) is 11.5. The molecule has 2 aromatic rings. The van der Waals surface area contributed by atoms with Gasteiger partial charge in [-0.05, 0) is 68.0 Å². The molecule has 0 aliphatic carbocycles. The number of carbonyl (C=O) groups is 1. The number of hydrogen-bond donors (Lipinski definition) is 2. The average Bonchev–Trinajstić information content (AvgIpc) is 2.79. The lowest BCUT2D eigenvalue weighted by Gasteiger charge is -2.31. The lowest BCUT2D eigenvalue weighted by molar-refractivity contribution is -0.122. The number of benzene rings is 2. The van der Waals surface area contributed by atoms with Crippen LogP contribution < -0.4 is 10.1 Å². The zero-order chi connectivity index (χ0) is 24.7. The van der Waals surface area contributed by atoms with Crippen molar-refractivity contribution >= 4 is 26.6 Å². The van der Waals surface area contributed by atoms with Crippen LogP contribution >= 0.6 is 0 Å². The third-order valence-corrected chi connectivity index (χ3v) is 8.38. The van der Waals surface area contributed by atoms with Gasteiger partial charge in [0.25, 0.3) is 0 Å². The highest BCUT2D eigenvalue weighted by atomic mass is 32.2. The molecule has 3 rings (SSSR count). The Balaban J connectivity index is 1.41. The highest BCUT2D eigenvalue weighted by Crippen LogP contribution is 2.22. The Morgan fingerprint density at radius 3 is 2.41 bits per heavy atom. The van der Waals surface area contributed by atoms with Crippen LogP contribution in [0.2, 0.25) is 0 Å². The maximum absolute atomic E-state index is 12.9. The minimum absolute atomic E-state index is 0.0573. The van der Waals surface area contributed by atoms with Crippen LogP contribution in [0.5, 0.6) is 5.75 Å². The van der Waals surface area contributed by atoms with Gasteiger partial charge in [0.2, 0.25) is 15.9 Å². The number of piperidine rings is 1. The van der Waals surface area contributed by atoms with Gasteiger partial charge in [-0.3, -0.25) is 4.79 Å². The average molecular weight is 509 g/mol. The van der Waals surface area contributed by atoms with Crippen molar-refractivity contribution in [2.75, 3.05) is 19.7 Å². The molecule has 1 fully saturated rings. The predicted octanol–water partition coefficient (Wildman–Crippen LogP) is 2.54. The molecule has 0 bridgehead atoms. The fourth-order valence-electron chi connectivity index (χ4n) is 3.88. The summed E-state index contributed by atoms with van der Waals surface area (Å²) in [6.07, 6.45) is 2.03. The second-order valence-electron chi connectivity index (χ2n) is 8.60. The number of nitrogens with zero attached hydrogens (tertiary/aromatic N) is 1. The van der Waals surface area contributed by atoms with E-state index in [1.807, 2.05) is 32.0 Å². The van der Waals surface area contributed by atoms with Crippen molar-refractivity contribution in [3.05, 3.63) is 59.2 Å². The maximum atomic E-state index is 12.9. The summed E-state index contributed by atoms with van der Waals surface area (Å²) in [5.74, 6) is 0.668. The Morgan fingerprint density at radius 2 is 1.76 bits per heavy atom. The fraction of sp³-hybridized carbons (Fsp3) is 0.458. The van der Waals surface area contributed by atoms with Gasteiger partial charge >= 0.3 is 0 Å². The van der Waals surface area contributed by atoms with E-state index in [9.17, 15) is 21.6 Å². The molecule has 0 unspecified atom stereocenters. The van der Waals surface area contributed by atoms with Gasteiger partial charge in [0.05, 0.1) is 17.3 Å². The van der Waals surface area contributed by atoms with Crippen LogP contribution in [-0.4, -0.2) is 52.8 Å². The van der Waals surface area contributed by atoms with Crippen molar-refractivity contribution in [2.24, 2.45) is 0 Å². The Bertz CT molecular complexity index is 1160. The highest BCUT2D eigenvalue weighted by Gasteiger charge is 2.29. The lowest BCUT2D eigenvalue weighted by atomic mass is 10.1. The summed E-state index contributed by atoms with van der Waals surface area (Å²) >= 11 is 0. The van der Waals surface area contributed by atoms with Gasteiger partial charge in [-0.15, -0.1) is 0 Å². The van der Waals surface area contributed by atoms with E-state index in [-0.39, 0.29) is 22.6 Å². The van der Waals surface area contributed by atoms with Crippen molar-refractivity contribution < 1.29 is 26.4 Å². The summed E-state index contributed by atoms with van der Waals surface area (Å²) in [6.45, 7) is 5.09. The summed E-state index contributed by atoms with van der Waals surface area (Å²) < 4.78 is 54.7. The Morgan fingerprint density at radius 1 is 1.09 bits per heavy atom. The molecule has 8 nitrogen and oxygen atoms in total. The zero-order valence-electron chi connectivity index (χ0n) is 19.5. The smallest absolute Gasteiger partial charge is 0.243 e. The monoisotopic (exact) mass is 508 g/mol. The van der Waals surface area contributed by atoms with E-state index < -0.39 is 20.7 Å². The first-order valence-corrected chi connectivity index (χ1v) is 14.2. The van der Waals surface area contributed by atoms with Crippen LogP contribution in [0.1, 0.15) is 42.4 Å². The molecule has 0 aromatic heterocycles. The molecular formula is C24H32N2O6S2. The van der Waals surface area contributed by atoms with E-state index >= 15 is 0 Å². The number of thiol groups is 1. The minimum atomic E-state index is -3.66. The van der Waals surface area contributed by atoms with Crippen LogP contribution in [0.4, 0.5) is 0 Å². The zero-order valence-corrected chi connectivity index (χ0v) is 21.2. The van der Waals surface area contributed by atoms with Crippen LogP contribution in [-0.2, 0) is 31.3 Å². The second kappa shape index (κ2) is 11.8. The van der Waals surface area contributed by atoms with Crippen molar-refractivity contribution in [3.8, 4) is 5.75 Å². The van der Waals surface area contributed by atoms with Gasteiger partial charge in [0.1, 0.15) is 16.5 Å². The lowest BCUT2D eigenvalue weighted by Crippen LogP contribution is -2.46. The van der Waals surface area contributed by atoms with E-state index in [4.69, 9.17) is 4.74 Å². The first-order chi connectivity index (χ1) is 16.1. The summed E-state index contributed by atoms with van der Waals surface area (Å²) in [6, 6.07) is 11.9. The molecule has 10 heteroatoms. The van der Waals surface area contributed by atoms with Crippen molar-refractivity contribution in [3.63, 3.8) is 0 Å². The molecule has 0 saturated carbocycles. The van der Waals surface area contributed by atoms with Gasteiger partial charge in [0.15, 0.2) is 0 Å². The number of hydrogen-bond acceptors (Lipinski definition) is 6. The van der Waals surface area contributed by atoms with Crippen LogP contribution in [0, 0.1) is 13.8 Å². The van der Waals surface area contributed by atoms with E-state index in [2.05, 4.69) is 5.32 Å². The number of ether oxygens (including phenoxy) is 1. The first kappa shape index (κ1) is 26.2. The standard InChI is InChI=1S/C24H32N2O6S2/c1-18-5-6-19(2)23(16-18)32-15-3-4-24(27)25-21-11-13-26(14-12-21)34(30,31)22-9-7-20(8-10-22)17-33(28)29/h5-10,16,21,33H,3-4,11-15,17H2,1-2H3,(H,25,27). The Kier molecular flexibility index (Phi) is 9.10. The van der Waals surface area contributed by atoms with Gasteiger partial charge in [-0.1, -0.05) is 24.3 Å². The van der Waals surface area contributed by atoms with Gasteiger partial charge in [-0.2, -0.15) is 4.31 Å². The van der Waals surface area contributed by atoms with Crippen molar-refractivity contribution in [1.82, 2.24) is 9.62 Å². The Hall–Kier alpha value is -2.43. The summed E-state index contributed by atoms with van der Waals surface area (Å²) in [5, 5.41) is 3.00. The predicted molar refractivity (Wildman–Crippen MR) is 131 cm³/mol. The molecule has 34 heavy (non-hydrogen) atoms. The van der Waals surface area contributed by atoms with Crippen LogP contribution in [0.3, 0.4) is 0 Å². The number of rotatable bonds is 10. The topological polar surface area (TPSA) is 110 Å². The van der Waals surface area contributed by atoms with Gasteiger partial charge in [0, 0.05) is 25.6 Å². The molecule has 1 aliphatic heterocycles. The quantitative estimate of drug-likeness (QED) is 0.377. The van der Waals surface area contributed by atoms with E-state index in [0.29, 0.717) is 50.9 Å². The van der Waals surface area contributed by atoms with Gasteiger partial charge < -0.3 is 10.1 Å².